The van der Waals surface area contributed by atoms with E-state index in [0.717, 1.165) is 22.4 Å². The number of thioether (sulfide) groups is 1. The Bertz CT molecular complexity index is 610. The predicted octanol–water partition coefficient (Wildman–Crippen LogP) is 4.17. The minimum Gasteiger partial charge on any atom is -0.489 e. The highest BCUT2D eigenvalue weighted by atomic mass is 32.2. The highest BCUT2D eigenvalue weighted by molar-refractivity contribution is 8.14. The van der Waals surface area contributed by atoms with Crippen LogP contribution < -0.4 is 10.1 Å². The van der Waals surface area contributed by atoms with E-state index in [9.17, 15) is 0 Å². The summed E-state index contributed by atoms with van der Waals surface area (Å²) in [7, 11) is 0. The van der Waals surface area contributed by atoms with Crippen molar-refractivity contribution in [3.05, 3.63) is 60.2 Å². The number of aliphatic imine (C=N–C) groups is 1. The van der Waals surface area contributed by atoms with Crippen LogP contribution in [0.1, 0.15) is 12.5 Å². The maximum atomic E-state index is 5.77. The molecule has 3 rings (SSSR count). The molecule has 0 bridgehead atoms. The highest BCUT2D eigenvalue weighted by Crippen LogP contribution is 2.22. The predicted molar refractivity (Wildman–Crippen MR) is 90.2 cm³/mol. The van der Waals surface area contributed by atoms with Gasteiger partial charge in [-0.15, -0.1) is 0 Å². The van der Waals surface area contributed by atoms with Crippen LogP contribution in [-0.2, 0) is 6.61 Å². The summed E-state index contributed by atoms with van der Waals surface area (Å²) in [6, 6.07) is 18.6. The summed E-state index contributed by atoms with van der Waals surface area (Å²) in [5.41, 5.74) is 2.22. The zero-order valence-electron chi connectivity index (χ0n) is 12.0. The van der Waals surface area contributed by atoms with E-state index in [-0.39, 0.29) is 0 Å². The maximum absolute atomic E-state index is 5.77. The highest BCUT2D eigenvalue weighted by Gasteiger charge is 2.13. The van der Waals surface area contributed by atoms with Gasteiger partial charge in [0.25, 0.3) is 0 Å². The normalized spacial score (nSPS) is 17.4. The number of amidine groups is 1. The number of benzene rings is 2. The Morgan fingerprint density at radius 1 is 1.14 bits per heavy atom. The number of hydrogen-bond acceptors (Lipinski definition) is 4. The molecule has 0 aromatic heterocycles. The van der Waals surface area contributed by atoms with E-state index in [1.807, 2.05) is 42.5 Å². The molecule has 1 unspecified atom stereocenters. The van der Waals surface area contributed by atoms with E-state index in [2.05, 4.69) is 29.4 Å². The number of nitrogens with one attached hydrogen (secondary N) is 1. The first-order valence-electron chi connectivity index (χ1n) is 7.04. The molecule has 0 saturated heterocycles. The van der Waals surface area contributed by atoms with Crippen LogP contribution in [0.2, 0.25) is 0 Å². The first-order valence-corrected chi connectivity index (χ1v) is 8.02. The summed E-state index contributed by atoms with van der Waals surface area (Å²) in [4.78, 5) is 4.52. The van der Waals surface area contributed by atoms with Gasteiger partial charge in [-0.2, -0.15) is 0 Å². The van der Waals surface area contributed by atoms with E-state index < -0.39 is 0 Å². The van der Waals surface area contributed by atoms with Crippen LogP contribution in [0.25, 0.3) is 0 Å². The van der Waals surface area contributed by atoms with Crippen molar-refractivity contribution < 1.29 is 4.74 Å². The lowest BCUT2D eigenvalue weighted by Crippen LogP contribution is -2.04. The Kier molecular flexibility index (Phi) is 4.46. The Morgan fingerprint density at radius 2 is 1.90 bits per heavy atom. The fourth-order valence-electron chi connectivity index (χ4n) is 2.04. The zero-order valence-corrected chi connectivity index (χ0v) is 12.8. The summed E-state index contributed by atoms with van der Waals surface area (Å²) in [6.07, 6.45) is 0. The summed E-state index contributed by atoms with van der Waals surface area (Å²) >= 11 is 1.76. The maximum Gasteiger partial charge on any atom is 0.161 e. The molecule has 0 fully saturated rings. The molecule has 0 amide bonds. The van der Waals surface area contributed by atoms with Crippen molar-refractivity contribution in [1.82, 2.24) is 0 Å². The fraction of sp³-hybridized carbons (Fsp3) is 0.235. The average Bonchev–Trinajstić information content (AvgIpc) is 2.93. The Morgan fingerprint density at radius 3 is 2.57 bits per heavy atom. The topological polar surface area (TPSA) is 33.6 Å². The molecule has 0 radical (unpaired) electrons. The molecule has 1 heterocycles. The molecular weight excluding hydrogens is 280 g/mol. The number of ether oxygens (including phenoxy) is 1. The summed E-state index contributed by atoms with van der Waals surface area (Å²) in [6.45, 7) is 2.72. The SMILES string of the molecule is CC1CSC(Nc2ccc(OCc3ccccc3)cc2)=N1. The van der Waals surface area contributed by atoms with Gasteiger partial charge in [-0.1, -0.05) is 42.1 Å². The van der Waals surface area contributed by atoms with Crippen LogP contribution in [0.5, 0.6) is 5.75 Å². The third-order valence-corrected chi connectivity index (χ3v) is 4.28. The van der Waals surface area contributed by atoms with Crippen LogP contribution >= 0.6 is 11.8 Å². The number of nitrogens with zero attached hydrogens (tertiary/aromatic N) is 1. The first kappa shape index (κ1) is 14.0. The fourth-order valence-corrected chi connectivity index (χ4v) is 2.96. The van der Waals surface area contributed by atoms with Crippen molar-refractivity contribution in [1.29, 1.82) is 0 Å². The van der Waals surface area contributed by atoms with Crippen molar-refractivity contribution in [2.24, 2.45) is 4.99 Å². The van der Waals surface area contributed by atoms with E-state index in [4.69, 9.17) is 4.74 Å². The molecule has 1 atom stereocenters. The largest absolute Gasteiger partial charge is 0.489 e. The molecular formula is C17H18N2OS. The van der Waals surface area contributed by atoms with Crippen LogP contribution in [0, 0.1) is 0 Å². The molecule has 2 aromatic carbocycles. The molecule has 3 nitrogen and oxygen atoms in total. The average molecular weight is 298 g/mol. The lowest BCUT2D eigenvalue weighted by Gasteiger charge is -2.08. The van der Waals surface area contributed by atoms with Crippen molar-refractivity contribution >= 4 is 22.6 Å². The molecule has 0 saturated carbocycles. The number of anilines is 1. The molecule has 108 valence electrons. The van der Waals surface area contributed by atoms with Crippen molar-refractivity contribution in [2.45, 2.75) is 19.6 Å². The standard InChI is InChI=1S/C17H18N2OS/c1-13-12-21-17(18-13)19-15-7-9-16(10-8-15)20-11-14-5-3-2-4-6-14/h2-10,13H,11-12H2,1H3,(H,18,19). The smallest absolute Gasteiger partial charge is 0.161 e. The van der Waals surface area contributed by atoms with Gasteiger partial charge in [0, 0.05) is 11.4 Å². The van der Waals surface area contributed by atoms with Gasteiger partial charge in [-0.05, 0) is 36.8 Å². The van der Waals surface area contributed by atoms with Gasteiger partial charge < -0.3 is 10.1 Å². The van der Waals surface area contributed by atoms with Gasteiger partial charge in [0.05, 0.1) is 6.04 Å². The second kappa shape index (κ2) is 6.68. The molecule has 2 aromatic rings. The molecule has 1 aliphatic heterocycles. The molecule has 0 aliphatic carbocycles. The van der Waals surface area contributed by atoms with E-state index in [1.165, 1.54) is 5.56 Å². The Balaban J connectivity index is 1.55. The lowest BCUT2D eigenvalue weighted by molar-refractivity contribution is 0.306. The van der Waals surface area contributed by atoms with E-state index in [1.54, 1.807) is 11.8 Å². The zero-order chi connectivity index (χ0) is 14.5. The van der Waals surface area contributed by atoms with Crippen molar-refractivity contribution in [3.8, 4) is 5.75 Å². The van der Waals surface area contributed by atoms with Crippen molar-refractivity contribution in [3.63, 3.8) is 0 Å². The second-order valence-corrected chi connectivity index (χ2v) is 6.03. The van der Waals surface area contributed by atoms with Gasteiger partial charge in [-0.3, -0.25) is 4.99 Å². The van der Waals surface area contributed by atoms with E-state index in [0.29, 0.717) is 12.6 Å². The summed E-state index contributed by atoms with van der Waals surface area (Å²) in [5, 5.41) is 4.33. The third-order valence-electron chi connectivity index (χ3n) is 3.15. The van der Waals surface area contributed by atoms with Crippen LogP contribution in [-0.4, -0.2) is 17.0 Å². The van der Waals surface area contributed by atoms with Gasteiger partial charge in [0.2, 0.25) is 0 Å². The monoisotopic (exact) mass is 298 g/mol. The molecule has 1 N–H and O–H groups in total. The number of hydrogen-bond donors (Lipinski definition) is 1. The van der Waals surface area contributed by atoms with Crippen molar-refractivity contribution in [2.75, 3.05) is 11.1 Å². The van der Waals surface area contributed by atoms with E-state index >= 15 is 0 Å². The summed E-state index contributed by atoms with van der Waals surface area (Å²) in [5.74, 6) is 1.93. The lowest BCUT2D eigenvalue weighted by atomic mass is 10.2. The number of rotatable bonds is 4. The van der Waals surface area contributed by atoms with Crippen LogP contribution in [0.15, 0.2) is 59.6 Å². The Hall–Kier alpha value is -1.94. The Labute approximate surface area is 129 Å². The second-order valence-electron chi connectivity index (χ2n) is 5.02. The molecule has 1 aliphatic rings. The van der Waals surface area contributed by atoms with Gasteiger partial charge in [0.1, 0.15) is 12.4 Å². The molecule has 4 heteroatoms. The van der Waals surface area contributed by atoms with Crippen LogP contribution in [0.4, 0.5) is 5.69 Å². The third kappa shape index (κ3) is 4.02. The minimum absolute atomic E-state index is 0.408. The molecule has 0 spiro atoms. The van der Waals surface area contributed by atoms with Gasteiger partial charge in [-0.25, -0.2) is 0 Å². The molecule has 21 heavy (non-hydrogen) atoms. The van der Waals surface area contributed by atoms with Crippen LogP contribution in [0.3, 0.4) is 0 Å². The summed E-state index contributed by atoms with van der Waals surface area (Å²) < 4.78 is 5.77. The quantitative estimate of drug-likeness (QED) is 0.920. The first-order chi connectivity index (χ1) is 10.3. The van der Waals surface area contributed by atoms with Gasteiger partial charge >= 0.3 is 0 Å². The minimum atomic E-state index is 0.408. The van der Waals surface area contributed by atoms with Gasteiger partial charge in [0.15, 0.2) is 5.17 Å².